The third kappa shape index (κ3) is 5.07. The number of hydrogen-bond donors (Lipinski definition) is 0. The van der Waals surface area contributed by atoms with E-state index >= 15 is 0 Å². The number of carbonyl (C=O) groups is 2. The number of likely N-dealkylation sites (tertiary alicyclic amines) is 1. The number of azide groups is 1. The highest BCUT2D eigenvalue weighted by molar-refractivity contribution is 6.01. The highest BCUT2D eigenvalue weighted by atomic mass is 16.5. The zero-order valence-electron chi connectivity index (χ0n) is 17.5. The minimum absolute atomic E-state index is 0.102. The maximum atomic E-state index is 13.3. The van der Waals surface area contributed by atoms with E-state index in [4.69, 9.17) is 19.7 Å². The third-order valence-corrected chi connectivity index (χ3v) is 5.14. The lowest BCUT2D eigenvalue weighted by Crippen LogP contribution is -2.48. The molecule has 0 aromatic heterocycles. The molecule has 0 bridgehead atoms. The summed E-state index contributed by atoms with van der Waals surface area (Å²) in [7, 11) is 2.76. The number of methoxy groups -OCH3 is 2. The minimum Gasteiger partial charge on any atom is -0.493 e. The molecular formula is C22H24N4O5. The average molecular weight is 424 g/mol. The number of hydrogen-bond acceptors (Lipinski definition) is 6. The standard InChI is InChI=1S/C22H24N4O5/c1-29-19-12-16(21(27)26-11-7-6-10-18(26)22(28)30-2)17(24-25-23)13-20(19)31-14-15-8-4-3-5-9-15/h3-5,8-9,12-13,18H,6-7,10-11,14H2,1-2H3/t18-/m0/s1. The van der Waals surface area contributed by atoms with Gasteiger partial charge in [0.05, 0.1) is 25.5 Å². The first-order valence-electron chi connectivity index (χ1n) is 9.91. The molecule has 1 saturated heterocycles. The third-order valence-electron chi connectivity index (χ3n) is 5.14. The van der Waals surface area contributed by atoms with Crippen LogP contribution in [0.2, 0.25) is 0 Å². The zero-order valence-corrected chi connectivity index (χ0v) is 17.5. The van der Waals surface area contributed by atoms with Crippen LogP contribution in [0.25, 0.3) is 10.4 Å². The molecule has 162 valence electrons. The first-order chi connectivity index (χ1) is 15.1. The van der Waals surface area contributed by atoms with Crippen LogP contribution in [0, 0.1) is 0 Å². The Labute approximate surface area is 180 Å². The van der Waals surface area contributed by atoms with E-state index in [9.17, 15) is 9.59 Å². The van der Waals surface area contributed by atoms with Gasteiger partial charge in [-0.25, -0.2) is 4.79 Å². The highest BCUT2D eigenvalue weighted by Gasteiger charge is 2.34. The van der Waals surface area contributed by atoms with E-state index in [0.717, 1.165) is 18.4 Å². The second-order valence-corrected chi connectivity index (χ2v) is 7.02. The molecule has 0 saturated carbocycles. The molecule has 2 aromatic carbocycles. The molecule has 1 fully saturated rings. The van der Waals surface area contributed by atoms with Crippen LogP contribution in [-0.2, 0) is 16.1 Å². The van der Waals surface area contributed by atoms with E-state index in [1.54, 1.807) is 0 Å². The number of esters is 1. The van der Waals surface area contributed by atoms with Gasteiger partial charge in [-0.2, -0.15) is 0 Å². The van der Waals surface area contributed by atoms with Crippen LogP contribution in [0.4, 0.5) is 5.69 Å². The molecule has 9 heteroatoms. The molecule has 0 unspecified atom stereocenters. The van der Waals surface area contributed by atoms with Gasteiger partial charge in [0.2, 0.25) is 0 Å². The predicted octanol–water partition coefficient (Wildman–Crippen LogP) is 4.38. The molecule has 1 aliphatic rings. The number of amides is 1. The summed E-state index contributed by atoms with van der Waals surface area (Å²) in [5, 5.41) is 3.68. The zero-order chi connectivity index (χ0) is 22.2. The Bertz CT molecular complexity index is 989. The van der Waals surface area contributed by atoms with Gasteiger partial charge in [-0.1, -0.05) is 35.4 Å². The Morgan fingerprint density at radius 1 is 1.16 bits per heavy atom. The fourth-order valence-corrected chi connectivity index (χ4v) is 3.57. The maximum Gasteiger partial charge on any atom is 0.328 e. The van der Waals surface area contributed by atoms with Crippen LogP contribution in [0.5, 0.6) is 11.5 Å². The molecule has 9 nitrogen and oxygen atoms in total. The SMILES string of the molecule is COC(=O)[C@@H]1CCCCN1C(=O)c1cc(OC)c(OCc2ccccc2)cc1N=[N+]=[N-]. The summed E-state index contributed by atoms with van der Waals surface area (Å²) >= 11 is 0. The molecule has 1 heterocycles. The lowest BCUT2D eigenvalue weighted by Gasteiger charge is -2.34. The summed E-state index contributed by atoms with van der Waals surface area (Å²) in [5.41, 5.74) is 10.2. The van der Waals surface area contributed by atoms with Crippen LogP contribution in [0.3, 0.4) is 0 Å². The van der Waals surface area contributed by atoms with E-state index in [-0.39, 0.29) is 17.9 Å². The first kappa shape index (κ1) is 22.0. The topological polar surface area (TPSA) is 114 Å². The molecule has 1 amide bonds. The van der Waals surface area contributed by atoms with Gasteiger partial charge in [-0.05, 0) is 42.5 Å². The van der Waals surface area contributed by atoms with Gasteiger partial charge in [0.15, 0.2) is 11.5 Å². The van der Waals surface area contributed by atoms with Gasteiger partial charge >= 0.3 is 5.97 Å². The van der Waals surface area contributed by atoms with Gasteiger partial charge in [-0.3, -0.25) is 4.79 Å². The highest BCUT2D eigenvalue weighted by Crippen LogP contribution is 2.37. The van der Waals surface area contributed by atoms with Crippen molar-refractivity contribution in [3.8, 4) is 11.5 Å². The van der Waals surface area contributed by atoms with Crippen molar-refractivity contribution in [2.24, 2.45) is 5.11 Å². The normalized spacial score (nSPS) is 15.5. The Balaban J connectivity index is 1.94. The number of rotatable bonds is 7. The summed E-state index contributed by atoms with van der Waals surface area (Å²) in [6.07, 6.45) is 2.11. The number of carbonyl (C=O) groups excluding carboxylic acids is 2. The van der Waals surface area contributed by atoms with E-state index in [2.05, 4.69) is 10.0 Å². The number of piperidine rings is 1. The molecule has 0 spiro atoms. The molecule has 0 radical (unpaired) electrons. The van der Waals surface area contributed by atoms with E-state index in [0.29, 0.717) is 24.5 Å². The maximum absolute atomic E-state index is 13.3. The Hall–Kier alpha value is -3.71. The van der Waals surface area contributed by atoms with Crippen molar-refractivity contribution >= 4 is 17.6 Å². The van der Waals surface area contributed by atoms with E-state index in [1.807, 2.05) is 30.3 Å². The summed E-state index contributed by atoms with van der Waals surface area (Å²) in [6.45, 7) is 0.680. The summed E-state index contributed by atoms with van der Waals surface area (Å²) in [4.78, 5) is 29.8. The summed E-state index contributed by atoms with van der Waals surface area (Å²) in [5.74, 6) is -0.227. The predicted molar refractivity (Wildman–Crippen MR) is 113 cm³/mol. The number of ether oxygens (including phenoxy) is 3. The fourth-order valence-electron chi connectivity index (χ4n) is 3.57. The minimum atomic E-state index is -0.676. The summed E-state index contributed by atoms with van der Waals surface area (Å²) in [6, 6.07) is 11.8. The average Bonchev–Trinajstić information content (AvgIpc) is 2.82. The quantitative estimate of drug-likeness (QED) is 0.283. The van der Waals surface area contributed by atoms with E-state index < -0.39 is 17.9 Å². The molecule has 1 atom stereocenters. The fraction of sp³-hybridized carbons (Fsp3) is 0.364. The monoisotopic (exact) mass is 424 g/mol. The molecule has 0 N–H and O–H groups in total. The molecule has 0 aliphatic carbocycles. The Kier molecular flexibility index (Phi) is 7.35. The van der Waals surface area contributed by atoms with Crippen LogP contribution in [-0.4, -0.2) is 43.6 Å². The first-order valence-corrected chi connectivity index (χ1v) is 9.91. The second-order valence-electron chi connectivity index (χ2n) is 7.02. The smallest absolute Gasteiger partial charge is 0.328 e. The largest absolute Gasteiger partial charge is 0.493 e. The van der Waals surface area contributed by atoms with Crippen molar-refractivity contribution in [3.63, 3.8) is 0 Å². The van der Waals surface area contributed by atoms with Gasteiger partial charge in [0, 0.05) is 11.5 Å². The van der Waals surface area contributed by atoms with Crippen LogP contribution < -0.4 is 9.47 Å². The molecule has 3 rings (SSSR count). The van der Waals surface area contributed by atoms with Crippen molar-refractivity contribution in [1.29, 1.82) is 0 Å². The molecule has 31 heavy (non-hydrogen) atoms. The Morgan fingerprint density at radius 2 is 1.94 bits per heavy atom. The number of benzene rings is 2. The van der Waals surface area contributed by atoms with Gasteiger partial charge < -0.3 is 19.1 Å². The van der Waals surface area contributed by atoms with Crippen molar-refractivity contribution in [2.45, 2.75) is 31.9 Å². The van der Waals surface area contributed by atoms with Gasteiger partial charge in [0.25, 0.3) is 5.91 Å². The van der Waals surface area contributed by atoms with Crippen LogP contribution in [0.1, 0.15) is 35.2 Å². The lowest BCUT2D eigenvalue weighted by molar-refractivity contribution is -0.147. The van der Waals surface area contributed by atoms with Crippen molar-refractivity contribution < 1.29 is 23.8 Å². The molecule has 2 aromatic rings. The van der Waals surface area contributed by atoms with Crippen molar-refractivity contribution in [2.75, 3.05) is 20.8 Å². The van der Waals surface area contributed by atoms with Crippen molar-refractivity contribution in [3.05, 3.63) is 64.0 Å². The van der Waals surface area contributed by atoms with Crippen LogP contribution >= 0.6 is 0 Å². The van der Waals surface area contributed by atoms with Crippen molar-refractivity contribution in [1.82, 2.24) is 4.90 Å². The second kappa shape index (κ2) is 10.4. The van der Waals surface area contributed by atoms with Crippen LogP contribution in [0.15, 0.2) is 47.6 Å². The molecular weight excluding hydrogens is 400 g/mol. The Morgan fingerprint density at radius 3 is 2.61 bits per heavy atom. The van der Waals surface area contributed by atoms with Gasteiger partial charge in [0.1, 0.15) is 12.6 Å². The summed E-state index contributed by atoms with van der Waals surface area (Å²) < 4.78 is 16.1. The lowest BCUT2D eigenvalue weighted by atomic mass is 10.00. The molecule has 1 aliphatic heterocycles. The van der Waals surface area contributed by atoms with E-state index in [1.165, 1.54) is 31.3 Å². The number of nitrogens with zero attached hydrogens (tertiary/aromatic N) is 4. The van der Waals surface area contributed by atoms with Gasteiger partial charge in [-0.15, -0.1) is 0 Å².